The summed E-state index contributed by atoms with van der Waals surface area (Å²) in [4.78, 5) is 15.9. The molecule has 0 aliphatic heterocycles. The van der Waals surface area contributed by atoms with Crippen molar-refractivity contribution in [2.24, 2.45) is 4.99 Å². The van der Waals surface area contributed by atoms with Gasteiger partial charge < -0.3 is 15.3 Å². The first kappa shape index (κ1) is 21.4. The Hall–Kier alpha value is -3.81. The van der Waals surface area contributed by atoms with Crippen molar-refractivity contribution in [1.82, 2.24) is 24.5 Å². The van der Waals surface area contributed by atoms with Crippen LogP contribution < -0.4 is 5.32 Å². The number of hydrogen-bond acceptors (Lipinski definition) is 5. The molecule has 4 aromatic rings. The van der Waals surface area contributed by atoms with Gasteiger partial charge in [-0.3, -0.25) is 14.2 Å². The number of benzene rings is 1. The molecule has 0 aliphatic carbocycles. The van der Waals surface area contributed by atoms with Crippen LogP contribution in [0.25, 0.3) is 16.7 Å². The lowest BCUT2D eigenvalue weighted by atomic mass is 10.2. The monoisotopic (exact) mass is 429 g/mol. The minimum atomic E-state index is -0.00366. The normalized spacial score (nSPS) is 11.6. The Morgan fingerprint density at radius 2 is 1.97 bits per heavy atom. The summed E-state index contributed by atoms with van der Waals surface area (Å²) in [5, 5.41) is 19.9. The van der Waals surface area contributed by atoms with Gasteiger partial charge in [0, 0.05) is 38.7 Å². The smallest absolute Gasteiger partial charge is 0.221 e. The molecule has 0 unspecified atom stereocenters. The largest absolute Gasteiger partial charge is 0.356 e. The molecule has 0 spiro atoms. The van der Waals surface area contributed by atoms with Crippen LogP contribution in [-0.4, -0.2) is 50.1 Å². The molecule has 1 aromatic carbocycles. The first-order valence-corrected chi connectivity index (χ1v) is 10.8. The maximum absolute atomic E-state index is 11.5. The molecule has 0 bridgehead atoms. The Labute approximate surface area is 186 Å². The highest BCUT2D eigenvalue weighted by molar-refractivity contribution is 6.07. The molecule has 8 heteroatoms. The SMILES string of the molecule is CCNC(=O)CCN=CCC(=N)c1cc2c(ccc3nnc(C)n32)n1Cc1ccccc1. The number of carbonyl (C=O) groups is 1. The lowest BCUT2D eigenvalue weighted by molar-refractivity contribution is -0.120. The van der Waals surface area contributed by atoms with Crippen molar-refractivity contribution in [3.8, 4) is 0 Å². The van der Waals surface area contributed by atoms with E-state index in [1.54, 1.807) is 6.21 Å². The topological polar surface area (TPSA) is 100 Å². The van der Waals surface area contributed by atoms with Crippen molar-refractivity contribution < 1.29 is 4.79 Å². The number of hydrogen-bond donors (Lipinski definition) is 2. The van der Waals surface area contributed by atoms with Crippen LogP contribution in [0.2, 0.25) is 0 Å². The molecule has 8 nitrogen and oxygen atoms in total. The van der Waals surface area contributed by atoms with Gasteiger partial charge in [0.05, 0.1) is 22.4 Å². The molecule has 0 atom stereocenters. The first-order chi connectivity index (χ1) is 15.6. The summed E-state index contributed by atoms with van der Waals surface area (Å²) in [7, 11) is 0. The van der Waals surface area contributed by atoms with Gasteiger partial charge in [0.25, 0.3) is 0 Å². The molecule has 3 aromatic heterocycles. The third kappa shape index (κ3) is 4.44. The number of amides is 1. The number of aryl methyl sites for hydroxylation is 1. The van der Waals surface area contributed by atoms with E-state index in [9.17, 15) is 4.79 Å². The average molecular weight is 430 g/mol. The average Bonchev–Trinajstić information content (AvgIpc) is 3.35. The van der Waals surface area contributed by atoms with Crippen LogP contribution in [0.15, 0.2) is 53.5 Å². The van der Waals surface area contributed by atoms with Gasteiger partial charge in [-0.25, -0.2) is 0 Å². The van der Waals surface area contributed by atoms with E-state index in [2.05, 4.69) is 37.2 Å². The number of pyridine rings is 1. The molecule has 0 radical (unpaired) electrons. The Bertz CT molecular complexity index is 1280. The fourth-order valence-electron chi connectivity index (χ4n) is 3.83. The van der Waals surface area contributed by atoms with E-state index >= 15 is 0 Å². The van der Waals surface area contributed by atoms with E-state index in [1.807, 2.05) is 54.6 Å². The van der Waals surface area contributed by atoms with Crippen LogP contribution in [0.4, 0.5) is 0 Å². The van der Waals surface area contributed by atoms with E-state index in [1.165, 1.54) is 0 Å². The second-order valence-corrected chi connectivity index (χ2v) is 7.62. The molecule has 0 saturated carbocycles. The Kier molecular flexibility index (Phi) is 6.39. The first-order valence-electron chi connectivity index (χ1n) is 10.8. The highest BCUT2D eigenvalue weighted by Crippen LogP contribution is 2.24. The summed E-state index contributed by atoms with van der Waals surface area (Å²) < 4.78 is 4.18. The van der Waals surface area contributed by atoms with Crippen molar-refractivity contribution in [2.45, 2.75) is 33.2 Å². The van der Waals surface area contributed by atoms with E-state index in [4.69, 9.17) is 5.41 Å². The van der Waals surface area contributed by atoms with E-state index in [-0.39, 0.29) is 5.91 Å². The van der Waals surface area contributed by atoms with Crippen LogP contribution in [-0.2, 0) is 11.3 Å². The van der Waals surface area contributed by atoms with Crippen molar-refractivity contribution in [3.05, 3.63) is 65.6 Å². The zero-order valence-electron chi connectivity index (χ0n) is 18.4. The van der Waals surface area contributed by atoms with Gasteiger partial charge in [0.2, 0.25) is 5.91 Å². The summed E-state index contributed by atoms with van der Waals surface area (Å²) >= 11 is 0. The highest BCUT2D eigenvalue weighted by Gasteiger charge is 2.16. The third-order valence-corrected chi connectivity index (χ3v) is 5.36. The summed E-state index contributed by atoms with van der Waals surface area (Å²) in [6, 6.07) is 16.3. The van der Waals surface area contributed by atoms with Gasteiger partial charge >= 0.3 is 0 Å². The summed E-state index contributed by atoms with van der Waals surface area (Å²) in [6.45, 7) is 5.53. The van der Waals surface area contributed by atoms with Gasteiger partial charge in [-0.1, -0.05) is 30.3 Å². The molecular formula is C24H27N7O. The van der Waals surface area contributed by atoms with Crippen molar-refractivity contribution in [1.29, 1.82) is 5.41 Å². The Morgan fingerprint density at radius 1 is 1.16 bits per heavy atom. The summed E-state index contributed by atoms with van der Waals surface area (Å²) in [5.74, 6) is 0.809. The van der Waals surface area contributed by atoms with Crippen molar-refractivity contribution >= 4 is 34.5 Å². The fraction of sp³-hybridized carbons (Fsp3) is 0.292. The number of nitrogens with one attached hydrogen (secondary N) is 2. The molecule has 1 amide bonds. The fourth-order valence-corrected chi connectivity index (χ4v) is 3.83. The molecular weight excluding hydrogens is 402 g/mol. The summed E-state index contributed by atoms with van der Waals surface area (Å²) in [5.41, 5.74) is 5.26. The second-order valence-electron chi connectivity index (χ2n) is 7.62. The van der Waals surface area contributed by atoms with Gasteiger partial charge in [0.15, 0.2) is 5.65 Å². The van der Waals surface area contributed by atoms with E-state index < -0.39 is 0 Å². The van der Waals surface area contributed by atoms with E-state index in [0.717, 1.165) is 33.8 Å². The van der Waals surface area contributed by atoms with Crippen LogP contribution >= 0.6 is 0 Å². The lowest BCUT2D eigenvalue weighted by Crippen LogP contribution is -2.22. The Morgan fingerprint density at radius 3 is 2.75 bits per heavy atom. The molecule has 0 fully saturated rings. The minimum absolute atomic E-state index is 0.00366. The predicted octanol–water partition coefficient (Wildman–Crippen LogP) is 3.40. The maximum atomic E-state index is 11.5. The Balaban J connectivity index is 1.64. The molecule has 32 heavy (non-hydrogen) atoms. The zero-order valence-corrected chi connectivity index (χ0v) is 18.4. The van der Waals surface area contributed by atoms with Crippen molar-refractivity contribution in [2.75, 3.05) is 13.1 Å². The standard InChI is InChI=1S/C24H27N7O/c1-3-27-24(32)12-14-26-13-11-19(25)21-15-22-20(9-10-23-29-28-17(2)31(22)23)30(21)16-18-7-5-4-6-8-18/h4-10,13,15,25H,3,11-12,14,16H2,1-2H3,(H,27,32). The van der Waals surface area contributed by atoms with Gasteiger partial charge in [-0.2, -0.15) is 0 Å². The quantitative estimate of drug-likeness (QED) is 0.399. The lowest BCUT2D eigenvalue weighted by Gasteiger charge is -2.11. The molecule has 3 heterocycles. The predicted molar refractivity (Wildman–Crippen MR) is 127 cm³/mol. The van der Waals surface area contributed by atoms with Gasteiger partial charge in [-0.05, 0) is 37.6 Å². The molecule has 2 N–H and O–H groups in total. The molecule has 0 saturated heterocycles. The number of fused-ring (bicyclic) bond motifs is 3. The number of rotatable bonds is 9. The summed E-state index contributed by atoms with van der Waals surface area (Å²) in [6.07, 6.45) is 2.48. The van der Waals surface area contributed by atoms with Crippen LogP contribution in [0.3, 0.4) is 0 Å². The molecule has 164 valence electrons. The van der Waals surface area contributed by atoms with E-state index in [0.29, 0.717) is 38.2 Å². The van der Waals surface area contributed by atoms with Crippen molar-refractivity contribution in [3.63, 3.8) is 0 Å². The van der Waals surface area contributed by atoms with Gasteiger partial charge in [0.1, 0.15) is 5.82 Å². The maximum Gasteiger partial charge on any atom is 0.221 e. The molecule has 4 rings (SSSR count). The second kappa shape index (κ2) is 9.55. The number of aromatic nitrogens is 4. The van der Waals surface area contributed by atoms with Crippen LogP contribution in [0, 0.1) is 12.3 Å². The highest BCUT2D eigenvalue weighted by atomic mass is 16.1. The third-order valence-electron chi connectivity index (χ3n) is 5.36. The number of carbonyl (C=O) groups excluding carboxylic acids is 1. The molecule has 0 aliphatic rings. The number of aliphatic imine (C=N–C) groups is 1. The van der Waals surface area contributed by atoms with Crippen LogP contribution in [0.1, 0.15) is 36.8 Å². The van der Waals surface area contributed by atoms with Crippen LogP contribution in [0.5, 0.6) is 0 Å². The number of nitrogens with zero attached hydrogens (tertiary/aromatic N) is 5. The minimum Gasteiger partial charge on any atom is -0.356 e. The van der Waals surface area contributed by atoms with Gasteiger partial charge in [-0.15, -0.1) is 10.2 Å². The zero-order chi connectivity index (χ0) is 22.5.